The smallest absolute Gasteiger partial charge is 0.200 e. The van der Waals surface area contributed by atoms with Crippen molar-refractivity contribution < 1.29 is 23.1 Å². The molecule has 0 saturated heterocycles. The molecule has 1 unspecified atom stereocenters. The third kappa shape index (κ3) is 8.27. The molecule has 1 aromatic carbocycles. The van der Waals surface area contributed by atoms with Gasteiger partial charge in [-0.1, -0.05) is 94.9 Å². The molecule has 2 heterocycles. The lowest BCUT2D eigenvalue weighted by atomic mass is 9.43. The lowest BCUT2D eigenvalue weighted by Crippen LogP contribution is -2.60. The number of fused-ring (bicyclic) bond motifs is 8. The Kier molecular flexibility index (Phi) is 14.4. The number of H-pyrrole nitrogens is 1. The lowest BCUT2D eigenvalue weighted by Gasteiger charge is -2.62. The first-order valence-electron chi connectivity index (χ1n) is 26.2. The van der Waals surface area contributed by atoms with Crippen LogP contribution in [0, 0.1) is 35.0 Å². The summed E-state index contributed by atoms with van der Waals surface area (Å²) in [7, 11) is -5.76. The SMILES string of the molecule is C=C(C)[C@H]1O[C@H]2CC[C@@]3(C)C(CC[C@H](CO)[C@]3(C)c3cc4c5c(ccc4[nH]3)C[C@@H](CO[Si](C(C)C)(C(C)C)C(C)C)[C@H]3C[C@H](C(C)(C)O[Si](C)(C)C)[C@@H]53)C2=C[C@H]1O[Si](CC)(CC)CC. The number of hydrogen-bond acceptors (Lipinski definition) is 5. The molecule has 9 heteroatoms. The van der Waals surface area contributed by atoms with Gasteiger partial charge in [-0.2, -0.15) is 0 Å². The van der Waals surface area contributed by atoms with E-state index in [0.29, 0.717) is 46.2 Å². The first-order valence-corrected chi connectivity index (χ1v) is 34.3. The van der Waals surface area contributed by atoms with Crippen molar-refractivity contribution in [1.82, 2.24) is 4.98 Å². The number of aliphatic hydroxyl groups excluding tert-OH is 1. The van der Waals surface area contributed by atoms with E-state index in [0.717, 1.165) is 62.4 Å². The van der Waals surface area contributed by atoms with Gasteiger partial charge in [-0.25, -0.2) is 0 Å². The first-order chi connectivity index (χ1) is 29.9. The largest absolute Gasteiger partial charge is 0.416 e. The monoisotopic (exact) mass is 932 g/mol. The van der Waals surface area contributed by atoms with Crippen molar-refractivity contribution in [3.8, 4) is 0 Å². The summed E-state index contributed by atoms with van der Waals surface area (Å²) in [5.74, 6) is 2.43. The van der Waals surface area contributed by atoms with Gasteiger partial charge in [-0.15, -0.1) is 0 Å². The van der Waals surface area contributed by atoms with Crippen molar-refractivity contribution in [3.05, 3.63) is 58.8 Å². The standard InChI is InChI=1S/C55H93NO5Si3/c1-19-63(20-2,21-3)60-48-30-42-44-24-23-40(32-57)55(15,54(44,14)27-26-47(42)59-52(48)34(4)5)49-31-43-46(56-49)25-22-38-28-39(33-58-64(35(6)7,36(8)9)37(10)11)41-29-45(51(41)50(38)43)53(12,13)61-62(16,17)18/h22,25,30-31,35-37,39-41,44-45,47-48,51-52,56-57H,4,19-21,23-24,26-29,32-33H2,1-3,5-18H3/t39-,40+,41+,44?,45-,47-,48+,51-,52+,54-,55+/m0/s1. The van der Waals surface area contributed by atoms with E-state index in [2.05, 4.69) is 152 Å². The lowest BCUT2D eigenvalue weighted by molar-refractivity contribution is -0.107. The summed E-state index contributed by atoms with van der Waals surface area (Å²) in [5.41, 5.74) is 9.29. The number of nitrogens with one attached hydrogen (secondary N) is 1. The molecule has 0 spiro atoms. The molecular formula is C55H93NO5Si3. The van der Waals surface area contributed by atoms with Crippen molar-refractivity contribution in [1.29, 1.82) is 0 Å². The number of aromatic nitrogens is 1. The molecular weight excluding hydrogens is 839 g/mol. The molecule has 3 saturated carbocycles. The zero-order valence-corrected chi connectivity index (χ0v) is 46.8. The minimum Gasteiger partial charge on any atom is -0.416 e. The summed E-state index contributed by atoms with van der Waals surface area (Å²) in [6.07, 6.45) is 8.79. The van der Waals surface area contributed by atoms with Crippen LogP contribution < -0.4 is 0 Å². The highest BCUT2D eigenvalue weighted by Gasteiger charge is 2.62. The summed E-state index contributed by atoms with van der Waals surface area (Å²) in [4.78, 5) is 4.14. The zero-order chi connectivity index (χ0) is 47.1. The molecule has 2 N–H and O–H groups in total. The molecule has 4 aliphatic carbocycles. The van der Waals surface area contributed by atoms with Crippen LogP contribution in [0.3, 0.4) is 0 Å². The van der Waals surface area contributed by atoms with Gasteiger partial charge in [0.2, 0.25) is 0 Å². The van der Waals surface area contributed by atoms with E-state index < -0.39 is 25.0 Å². The molecule has 1 aliphatic heterocycles. The number of aliphatic hydroxyl groups is 1. The Labute approximate surface area is 394 Å². The number of rotatable bonds is 17. The molecule has 2 aromatic rings. The van der Waals surface area contributed by atoms with E-state index in [9.17, 15) is 5.11 Å². The van der Waals surface area contributed by atoms with E-state index in [1.165, 1.54) is 34.2 Å². The van der Waals surface area contributed by atoms with Gasteiger partial charge in [-0.05, 0) is 189 Å². The average Bonchev–Trinajstić information content (AvgIpc) is 3.64. The van der Waals surface area contributed by atoms with Crippen LogP contribution in [0.1, 0.15) is 152 Å². The van der Waals surface area contributed by atoms with Crippen LogP contribution in [0.25, 0.3) is 10.9 Å². The highest BCUT2D eigenvalue weighted by Crippen LogP contribution is 2.66. The Bertz CT molecular complexity index is 2000. The molecule has 11 atom stereocenters. The van der Waals surface area contributed by atoms with Gasteiger partial charge >= 0.3 is 0 Å². The first kappa shape index (κ1) is 50.6. The van der Waals surface area contributed by atoms with Gasteiger partial charge < -0.3 is 28.1 Å². The number of ether oxygens (including phenoxy) is 1. The Morgan fingerprint density at radius 3 is 2.17 bits per heavy atom. The second kappa shape index (κ2) is 18.2. The van der Waals surface area contributed by atoms with E-state index in [-0.39, 0.29) is 47.3 Å². The van der Waals surface area contributed by atoms with Crippen molar-refractivity contribution >= 4 is 35.9 Å². The fourth-order valence-electron chi connectivity index (χ4n) is 15.7. The third-order valence-electron chi connectivity index (χ3n) is 19.3. The maximum Gasteiger partial charge on any atom is 0.200 e. The third-order valence-corrected chi connectivity index (χ3v) is 31.2. The van der Waals surface area contributed by atoms with E-state index in [1.54, 1.807) is 5.56 Å². The van der Waals surface area contributed by atoms with Crippen LogP contribution in [0.15, 0.2) is 42.0 Å². The number of hydrogen-bond donors (Lipinski definition) is 2. The van der Waals surface area contributed by atoms with Crippen LogP contribution in [-0.4, -0.2) is 72.2 Å². The Balaban J connectivity index is 1.31. The summed E-state index contributed by atoms with van der Waals surface area (Å²) in [6.45, 7) is 46.0. The van der Waals surface area contributed by atoms with E-state index in [1.807, 2.05) is 0 Å². The predicted octanol–water partition coefficient (Wildman–Crippen LogP) is 14.6. The van der Waals surface area contributed by atoms with Crippen molar-refractivity contribution in [2.24, 2.45) is 35.0 Å². The fraction of sp³-hybridized carbons (Fsp3) is 0.782. The van der Waals surface area contributed by atoms with Crippen molar-refractivity contribution in [3.63, 3.8) is 0 Å². The van der Waals surface area contributed by atoms with Crippen molar-refractivity contribution in [2.45, 2.75) is 225 Å². The zero-order valence-electron chi connectivity index (χ0n) is 43.8. The minimum atomic E-state index is -2.02. The Morgan fingerprint density at radius 2 is 1.61 bits per heavy atom. The van der Waals surface area contributed by atoms with E-state index in [4.69, 9.17) is 18.0 Å². The molecule has 360 valence electrons. The van der Waals surface area contributed by atoms with Gasteiger partial charge in [-0.3, -0.25) is 0 Å². The second-order valence-electron chi connectivity index (χ2n) is 24.8. The second-order valence-corrected chi connectivity index (χ2v) is 39.4. The quantitative estimate of drug-likeness (QED) is 0.122. The molecule has 1 aromatic heterocycles. The van der Waals surface area contributed by atoms with Crippen molar-refractivity contribution in [2.75, 3.05) is 13.2 Å². The average molecular weight is 933 g/mol. The molecule has 64 heavy (non-hydrogen) atoms. The predicted molar refractivity (Wildman–Crippen MR) is 277 cm³/mol. The molecule has 0 amide bonds. The highest BCUT2D eigenvalue weighted by atomic mass is 28.4. The molecule has 3 fully saturated rings. The Hall–Kier alpha value is -1.31. The van der Waals surface area contributed by atoms with Gasteiger partial charge in [0.05, 0.1) is 17.8 Å². The van der Waals surface area contributed by atoms with Gasteiger partial charge in [0.15, 0.2) is 25.0 Å². The van der Waals surface area contributed by atoms with Gasteiger partial charge in [0.25, 0.3) is 0 Å². The molecule has 0 bridgehead atoms. The van der Waals surface area contributed by atoms with Crippen LogP contribution in [-0.2, 0) is 29.9 Å². The number of aromatic amines is 1. The molecule has 7 rings (SSSR count). The highest BCUT2D eigenvalue weighted by molar-refractivity contribution is 6.77. The van der Waals surface area contributed by atoms with Gasteiger partial charge in [0.1, 0.15) is 6.10 Å². The summed E-state index contributed by atoms with van der Waals surface area (Å²) in [6, 6.07) is 10.8. The fourth-order valence-corrected chi connectivity index (χ4v) is 25.7. The Morgan fingerprint density at radius 1 is 0.969 bits per heavy atom. The van der Waals surface area contributed by atoms with Crippen LogP contribution in [0.2, 0.25) is 54.4 Å². The molecule has 6 nitrogen and oxygen atoms in total. The maximum absolute atomic E-state index is 11.4. The van der Waals surface area contributed by atoms with Gasteiger partial charge in [0, 0.05) is 35.2 Å². The van der Waals surface area contributed by atoms with Crippen LogP contribution in [0.5, 0.6) is 0 Å². The maximum atomic E-state index is 11.4. The normalized spacial score (nSPS) is 33.5. The molecule has 5 aliphatic rings. The summed E-state index contributed by atoms with van der Waals surface area (Å²) < 4.78 is 29.0. The van der Waals surface area contributed by atoms with Crippen LogP contribution >= 0.6 is 0 Å². The number of benzene rings is 1. The molecule has 0 radical (unpaired) electrons. The summed E-state index contributed by atoms with van der Waals surface area (Å²) in [5, 5.41) is 12.8. The summed E-state index contributed by atoms with van der Waals surface area (Å²) >= 11 is 0. The van der Waals surface area contributed by atoms with E-state index >= 15 is 0 Å². The van der Waals surface area contributed by atoms with Crippen LogP contribution in [0.4, 0.5) is 0 Å². The minimum absolute atomic E-state index is 0.0859. The topological polar surface area (TPSA) is 72.9 Å².